The van der Waals surface area contributed by atoms with Gasteiger partial charge in [0, 0.05) is 18.1 Å². The third-order valence-electron chi connectivity index (χ3n) is 3.45. The Bertz CT molecular complexity index is 763. The molecule has 0 saturated heterocycles. The molecule has 0 atom stereocenters. The fraction of sp³-hybridized carbons (Fsp3) is 0.176. The Morgan fingerprint density at radius 3 is 2.76 bits per heavy atom. The highest BCUT2D eigenvalue weighted by Crippen LogP contribution is 2.15. The fourth-order valence-electron chi connectivity index (χ4n) is 2.32. The van der Waals surface area contributed by atoms with Crippen molar-refractivity contribution in [2.75, 3.05) is 7.11 Å². The zero-order chi connectivity index (χ0) is 14.7. The number of aromatic nitrogens is 2. The van der Waals surface area contributed by atoms with Gasteiger partial charge in [-0.05, 0) is 30.2 Å². The molecule has 4 nitrogen and oxygen atoms in total. The van der Waals surface area contributed by atoms with Gasteiger partial charge in [0.15, 0.2) is 0 Å². The minimum absolute atomic E-state index is 0.325. The molecule has 0 spiro atoms. The predicted octanol–water partition coefficient (Wildman–Crippen LogP) is 3.07. The topological polar surface area (TPSA) is 44.1 Å². The number of esters is 1. The van der Waals surface area contributed by atoms with E-state index < -0.39 is 0 Å². The van der Waals surface area contributed by atoms with Crippen LogP contribution in [0.5, 0.6) is 0 Å². The lowest BCUT2D eigenvalue weighted by Gasteiger charge is -2.01. The van der Waals surface area contributed by atoms with E-state index in [4.69, 9.17) is 4.74 Å². The normalized spacial score (nSPS) is 10.7. The molecule has 0 aliphatic carbocycles. The molecule has 0 saturated carbocycles. The van der Waals surface area contributed by atoms with Crippen molar-refractivity contribution in [2.45, 2.75) is 13.0 Å². The van der Waals surface area contributed by atoms with Crippen molar-refractivity contribution in [3.8, 4) is 0 Å². The molecule has 21 heavy (non-hydrogen) atoms. The molecule has 106 valence electrons. The molecule has 1 heterocycles. The van der Waals surface area contributed by atoms with Gasteiger partial charge in [-0.1, -0.05) is 30.3 Å². The second kappa shape index (κ2) is 5.79. The average molecular weight is 280 g/mol. The monoisotopic (exact) mass is 280 g/mol. The maximum atomic E-state index is 11.5. The number of ether oxygens (including phenoxy) is 1. The first kappa shape index (κ1) is 13.4. The van der Waals surface area contributed by atoms with E-state index in [0.29, 0.717) is 5.56 Å². The van der Waals surface area contributed by atoms with Crippen LogP contribution < -0.4 is 0 Å². The van der Waals surface area contributed by atoms with Crippen molar-refractivity contribution in [3.05, 3.63) is 65.9 Å². The molecule has 0 unspecified atom stereocenters. The fourth-order valence-corrected chi connectivity index (χ4v) is 2.32. The van der Waals surface area contributed by atoms with Gasteiger partial charge in [-0.2, -0.15) is 5.10 Å². The summed E-state index contributed by atoms with van der Waals surface area (Å²) in [6.07, 6.45) is 2.89. The van der Waals surface area contributed by atoms with Crippen molar-refractivity contribution in [3.63, 3.8) is 0 Å². The summed E-state index contributed by atoms with van der Waals surface area (Å²) in [6, 6.07) is 15.7. The van der Waals surface area contributed by atoms with Gasteiger partial charge < -0.3 is 4.74 Å². The van der Waals surface area contributed by atoms with Gasteiger partial charge in [-0.3, -0.25) is 4.68 Å². The molecular formula is C17H16N2O2. The molecule has 3 aromatic rings. The number of methoxy groups -OCH3 is 1. The second-order valence-electron chi connectivity index (χ2n) is 4.89. The third kappa shape index (κ3) is 2.94. The minimum atomic E-state index is -0.325. The number of carbonyl (C=O) groups excluding carboxylic acids is 1. The van der Waals surface area contributed by atoms with Gasteiger partial charge in [-0.15, -0.1) is 0 Å². The van der Waals surface area contributed by atoms with E-state index in [2.05, 4.69) is 17.2 Å². The Kier molecular flexibility index (Phi) is 3.69. The largest absolute Gasteiger partial charge is 0.465 e. The van der Waals surface area contributed by atoms with Crippen LogP contribution in [0.2, 0.25) is 0 Å². The Labute approximate surface area is 123 Å². The number of nitrogens with zero attached hydrogens (tertiary/aromatic N) is 2. The lowest BCUT2D eigenvalue weighted by atomic mass is 10.1. The molecule has 1 aromatic heterocycles. The van der Waals surface area contributed by atoms with Gasteiger partial charge in [0.2, 0.25) is 0 Å². The van der Waals surface area contributed by atoms with Crippen molar-refractivity contribution in [1.29, 1.82) is 0 Å². The van der Waals surface area contributed by atoms with E-state index in [9.17, 15) is 4.79 Å². The first-order chi connectivity index (χ1) is 10.3. The molecule has 4 heteroatoms. The molecule has 0 aliphatic rings. The smallest absolute Gasteiger partial charge is 0.337 e. The molecule has 0 N–H and O–H groups in total. The molecule has 0 amide bonds. The number of hydrogen-bond acceptors (Lipinski definition) is 3. The zero-order valence-electron chi connectivity index (χ0n) is 11.8. The number of hydrogen-bond donors (Lipinski definition) is 0. The van der Waals surface area contributed by atoms with E-state index in [-0.39, 0.29) is 5.97 Å². The molecule has 0 radical (unpaired) electrons. The van der Waals surface area contributed by atoms with E-state index in [1.54, 1.807) is 6.07 Å². The lowest BCUT2D eigenvalue weighted by molar-refractivity contribution is 0.0601. The summed E-state index contributed by atoms with van der Waals surface area (Å²) in [6.45, 7) is 0.812. The summed E-state index contributed by atoms with van der Waals surface area (Å²) in [5.74, 6) is -0.325. The van der Waals surface area contributed by atoms with Crippen molar-refractivity contribution in [2.24, 2.45) is 0 Å². The number of carbonyl (C=O) groups is 1. The maximum Gasteiger partial charge on any atom is 0.337 e. The van der Waals surface area contributed by atoms with Crippen molar-refractivity contribution in [1.82, 2.24) is 9.78 Å². The highest BCUT2D eigenvalue weighted by Gasteiger charge is 2.08. The average Bonchev–Trinajstić information content (AvgIpc) is 2.95. The highest BCUT2D eigenvalue weighted by molar-refractivity contribution is 5.94. The summed E-state index contributed by atoms with van der Waals surface area (Å²) in [4.78, 5) is 11.5. The maximum absolute atomic E-state index is 11.5. The van der Waals surface area contributed by atoms with Gasteiger partial charge in [0.05, 0.1) is 18.2 Å². The van der Waals surface area contributed by atoms with Crippen LogP contribution >= 0.6 is 0 Å². The summed E-state index contributed by atoms with van der Waals surface area (Å²) in [7, 11) is 1.38. The van der Waals surface area contributed by atoms with E-state index in [1.807, 2.05) is 41.2 Å². The van der Waals surface area contributed by atoms with Crippen molar-refractivity contribution < 1.29 is 9.53 Å². The number of rotatable bonds is 4. The van der Waals surface area contributed by atoms with Crippen LogP contribution in [-0.4, -0.2) is 22.9 Å². The molecule has 0 bridgehead atoms. The number of fused-ring (bicyclic) bond motifs is 1. The van der Waals surface area contributed by atoms with Crippen LogP contribution in [0.3, 0.4) is 0 Å². The second-order valence-corrected chi connectivity index (χ2v) is 4.89. The Morgan fingerprint density at radius 2 is 2.00 bits per heavy atom. The number of aryl methyl sites for hydroxylation is 2. The zero-order valence-corrected chi connectivity index (χ0v) is 11.8. The Balaban J connectivity index is 1.79. The molecule has 3 rings (SSSR count). The number of benzene rings is 2. The van der Waals surface area contributed by atoms with Crippen LogP contribution in [0.4, 0.5) is 0 Å². The van der Waals surface area contributed by atoms with Crippen LogP contribution in [0.1, 0.15) is 15.9 Å². The Morgan fingerprint density at radius 1 is 1.19 bits per heavy atom. The summed E-state index contributed by atoms with van der Waals surface area (Å²) in [5.41, 5.74) is 2.72. The van der Waals surface area contributed by atoms with E-state index in [0.717, 1.165) is 23.9 Å². The molecule has 2 aromatic carbocycles. The third-order valence-corrected chi connectivity index (χ3v) is 3.45. The molecule has 0 aliphatic heterocycles. The van der Waals surface area contributed by atoms with Gasteiger partial charge in [0.1, 0.15) is 0 Å². The standard InChI is InChI=1S/C17H16N2O2/c1-21-17(20)14-7-8-16-15(11-14)12-19(18-16)10-9-13-5-3-2-4-6-13/h2-8,11-12H,9-10H2,1H3. The summed E-state index contributed by atoms with van der Waals surface area (Å²) >= 11 is 0. The Hall–Kier alpha value is -2.62. The molecule has 0 fully saturated rings. The van der Waals surface area contributed by atoms with E-state index >= 15 is 0 Å². The first-order valence-corrected chi connectivity index (χ1v) is 6.86. The summed E-state index contributed by atoms with van der Waals surface area (Å²) in [5, 5.41) is 5.47. The SMILES string of the molecule is COC(=O)c1ccc2nn(CCc3ccccc3)cc2c1. The predicted molar refractivity (Wildman–Crippen MR) is 81.2 cm³/mol. The molecular weight excluding hydrogens is 264 g/mol. The van der Waals surface area contributed by atoms with Gasteiger partial charge in [0.25, 0.3) is 0 Å². The minimum Gasteiger partial charge on any atom is -0.465 e. The quantitative estimate of drug-likeness (QED) is 0.690. The highest BCUT2D eigenvalue weighted by atomic mass is 16.5. The van der Waals surface area contributed by atoms with Crippen molar-refractivity contribution >= 4 is 16.9 Å². The van der Waals surface area contributed by atoms with E-state index in [1.165, 1.54) is 12.7 Å². The van der Waals surface area contributed by atoms with Crippen LogP contribution in [0, 0.1) is 0 Å². The first-order valence-electron chi connectivity index (χ1n) is 6.86. The summed E-state index contributed by atoms with van der Waals surface area (Å²) < 4.78 is 6.65. The lowest BCUT2D eigenvalue weighted by Crippen LogP contribution is -2.01. The van der Waals surface area contributed by atoms with Gasteiger partial charge >= 0.3 is 5.97 Å². The van der Waals surface area contributed by atoms with Crippen LogP contribution in [0.25, 0.3) is 10.9 Å². The van der Waals surface area contributed by atoms with Crippen LogP contribution in [-0.2, 0) is 17.7 Å². The van der Waals surface area contributed by atoms with Crippen LogP contribution in [0.15, 0.2) is 54.7 Å². The van der Waals surface area contributed by atoms with Gasteiger partial charge in [-0.25, -0.2) is 4.79 Å².